The van der Waals surface area contributed by atoms with Crippen LogP contribution in [-0.2, 0) is 16.4 Å². The van der Waals surface area contributed by atoms with E-state index in [0.29, 0.717) is 0 Å². The molecule has 0 fully saturated rings. The van der Waals surface area contributed by atoms with Crippen LogP contribution in [0, 0.1) is 11.3 Å². The summed E-state index contributed by atoms with van der Waals surface area (Å²) in [5.74, 6) is -0.331. The third-order valence-corrected chi connectivity index (χ3v) is 5.23. The second kappa shape index (κ2) is 9.13. The standard InChI is InChI=1S/C19H21N3O3S/c1-15(10-11-16-6-3-2-4-7-16)22-19(23)17-8-5-9-18(14-17)26(24,25)21-13-12-20/h2-9,14-15,21H,10-11,13H2,1H3,(H,22,23)/t15-/m1/s1. The van der Waals surface area contributed by atoms with Crippen molar-refractivity contribution in [2.75, 3.05) is 6.54 Å². The highest BCUT2D eigenvalue weighted by Crippen LogP contribution is 2.12. The van der Waals surface area contributed by atoms with E-state index in [1.165, 1.54) is 23.8 Å². The van der Waals surface area contributed by atoms with Gasteiger partial charge in [-0.2, -0.15) is 9.98 Å². The summed E-state index contributed by atoms with van der Waals surface area (Å²) >= 11 is 0. The first-order valence-corrected chi connectivity index (χ1v) is 9.72. The molecule has 0 radical (unpaired) electrons. The molecule has 136 valence electrons. The van der Waals surface area contributed by atoms with Crippen molar-refractivity contribution >= 4 is 15.9 Å². The number of aryl methyl sites for hydroxylation is 1. The smallest absolute Gasteiger partial charge is 0.251 e. The predicted molar refractivity (Wildman–Crippen MR) is 98.9 cm³/mol. The van der Waals surface area contributed by atoms with Crippen LogP contribution in [0.15, 0.2) is 59.5 Å². The van der Waals surface area contributed by atoms with E-state index in [9.17, 15) is 13.2 Å². The number of nitrogens with one attached hydrogen (secondary N) is 2. The minimum atomic E-state index is -3.81. The fraction of sp³-hybridized carbons (Fsp3) is 0.263. The van der Waals surface area contributed by atoms with Crippen molar-refractivity contribution in [3.63, 3.8) is 0 Å². The summed E-state index contributed by atoms with van der Waals surface area (Å²) in [7, 11) is -3.81. The fourth-order valence-corrected chi connectivity index (χ4v) is 3.38. The highest BCUT2D eigenvalue weighted by atomic mass is 32.2. The topological polar surface area (TPSA) is 99.1 Å². The molecule has 2 rings (SSSR count). The van der Waals surface area contributed by atoms with Crippen LogP contribution < -0.4 is 10.0 Å². The molecule has 1 amide bonds. The van der Waals surface area contributed by atoms with Gasteiger partial charge < -0.3 is 5.32 Å². The van der Waals surface area contributed by atoms with E-state index in [1.807, 2.05) is 37.3 Å². The number of carbonyl (C=O) groups is 1. The van der Waals surface area contributed by atoms with Crippen molar-refractivity contribution in [2.45, 2.75) is 30.7 Å². The normalized spacial score (nSPS) is 12.2. The molecule has 26 heavy (non-hydrogen) atoms. The second-order valence-electron chi connectivity index (χ2n) is 5.91. The Labute approximate surface area is 153 Å². The zero-order valence-electron chi connectivity index (χ0n) is 14.5. The molecule has 2 aromatic rings. The summed E-state index contributed by atoms with van der Waals surface area (Å²) in [6.07, 6.45) is 1.62. The Bertz CT molecular complexity index is 890. The van der Waals surface area contributed by atoms with Crippen LogP contribution in [0.2, 0.25) is 0 Å². The maximum Gasteiger partial charge on any atom is 0.251 e. The Morgan fingerprint density at radius 3 is 2.58 bits per heavy atom. The summed E-state index contributed by atoms with van der Waals surface area (Å²) in [5, 5.41) is 11.4. The molecule has 0 saturated heterocycles. The molecule has 6 nitrogen and oxygen atoms in total. The molecule has 0 aliphatic carbocycles. The highest BCUT2D eigenvalue weighted by molar-refractivity contribution is 7.89. The van der Waals surface area contributed by atoms with E-state index in [4.69, 9.17) is 5.26 Å². The van der Waals surface area contributed by atoms with Crippen molar-refractivity contribution in [3.05, 3.63) is 65.7 Å². The van der Waals surface area contributed by atoms with Crippen LogP contribution in [0.1, 0.15) is 29.3 Å². The van der Waals surface area contributed by atoms with Gasteiger partial charge in [-0.1, -0.05) is 36.4 Å². The minimum absolute atomic E-state index is 0.0441. The molecule has 2 aromatic carbocycles. The minimum Gasteiger partial charge on any atom is -0.350 e. The Kier molecular flexibility index (Phi) is 6.89. The molecular formula is C19H21N3O3S. The SMILES string of the molecule is C[C@H](CCc1ccccc1)NC(=O)c1cccc(S(=O)(=O)NCC#N)c1. The first-order chi connectivity index (χ1) is 12.4. The van der Waals surface area contributed by atoms with E-state index in [0.717, 1.165) is 12.8 Å². The predicted octanol–water partition coefficient (Wildman–Crippen LogP) is 2.24. The molecule has 0 spiro atoms. The molecule has 7 heteroatoms. The largest absolute Gasteiger partial charge is 0.350 e. The van der Waals surface area contributed by atoms with Crippen molar-refractivity contribution in [3.8, 4) is 6.07 Å². The number of hydrogen-bond acceptors (Lipinski definition) is 4. The second-order valence-corrected chi connectivity index (χ2v) is 7.68. The van der Waals surface area contributed by atoms with Crippen molar-refractivity contribution in [1.29, 1.82) is 5.26 Å². The van der Waals surface area contributed by atoms with Crippen LogP contribution in [0.5, 0.6) is 0 Å². The van der Waals surface area contributed by atoms with Gasteiger partial charge in [0.05, 0.1) is 17.5 Å². The molecule has 2 N–H and O–H groups in total. The Balaban J connectivity index is 1.99. The van der Waals surface area contributed by atoms with E-state index in [1.54, 1.807) is 12.1 Å². The maximum atomic E-state index is 12.4. The fourth-order valence-electron chi connectivity index (χ4n) is 2.42. The van der Waals surface area contributed by atoms with Crippen LogP contribution in [0.4, 0.5) is 0 Å². The molecule has 0 aromatic heterocycles. The molecule has 0 bridgehead atoms. The number of nitriles is 1. The Morgan fingerprint density at radius 2 is 1.88 bits per heavy atom. The van der Waals surface area contributed by atoms with E-state index >= 15 is 0 Å². The summed E-state index contributed by atoms with van der Waals surface area (Å²) < 4.78 is 26.3. The van der Waals surface area contributed by atoms with Gasteiger partial charge in [0.2, 0.25) is 10.0 Å². The molecule has 0 saturated carbocycles. The van der Waals surface area contributed by atoms with Gasteiger partial charge in [-0.05, 0) is 43.5 Å². The van der Waals surface area contributed by atoms with Crippen LogP contribution in [0.25, 0.3) is 0 Å². The maximum absolute atomic E-state index is 12.4. The van der Waals surface area contributed by atoms with Gasteiger partial charge >= 0.3 is 0 Å². The Morgan fingerprint density at radius 1 is 1.15 bits per heavy atom. The zero-order chi connectivity index (χ0) is 19.0. The summed E-state index contributed by atoms with van der Waals surface area (Å²) in [4.78, 5) is 12.3. The summed E-state index contributed by atoms with van der Waals surface area (Å²) in [6, 6.07) is 17.4. The van der Waals surface area contributed by atoms with Gasteiger partial charge in [0, 0.05) is 11.6 Å². The molecule has 0 aliphatic rings. The first-order valence-electron chi connectivity index (χ1n) is 8.24. The summed E-state index contributed by atoms with van der Waals surface area (Å²) in [6.45, 7) is 1.59. The van der Waals surface area contributed by atoms with E-state index in [-0.39, 0.29) is 29.0 Å². The number of nitrogens with zero attached hydrogens (tertiary/aromatic N) is 1. The number of sulfonamides is 1. The van der Waals surface area contributed by atoms with Gasteiger partial charge in [0.15, 0.2) is 0 Å². The lowest BCUT2D eigenvalue weighted by Crippen LogP contribution is -2.33. The van der Waals surface area contributed by atoms with Crippen molar-refractivity contribution in [2.24, 2.45) is 0 Å². The molecule has 0 unspecified atom stereocenters. The number of amides is 1. The third kappa shape index (κ3) is 5.69. The molecule has 1 atom stereocenters. The van der Waals surface area contributed by atoms with Gasteiger partial charge in [-0.15, -0.1) is 0 Å². The van der Waals surface area contributed by atoms with Gasteiger partial charge in [0.25, 0.3) is 5.91 Å². The lowest BCUT2D eigenvalue weighted by molar-refractivity contribution is 0.0938. The average molecular weight is 371 g/mol. The third-order valence-electron chi connectivity index (χ3n) is 3.83. The lowest BCUT2D eigenvalue weighted by atomic mass is 10.1. The van der Waals surface area contributed by atoms with E-state index < -0.39 is 10.0 Å². The quantitative estimate of drug-likeness (QED) is 0.695. The van der Waals surface area contributed by atoms with Crippen molar-refractivity contribution < 1.29 is 13.2 Å². The Hall–Kier alpha value is -2.69. The number of hydrogen-bond donors (Lipinski definition) is 2. The molecular weight excluding hydrogens is 350 g/mol. The lowest BCUT2D eigenvalue weighted by Gasteiger charge is -2.14. The number of carbonyl (C=O) groups excluding carboxylic acids is 1. The monoisotopic (exact) mass is 371 g/mol. The molecule has 0 heterocycles. The van der Waals surface area contributed by atoms with Crippen molar-refractivity contribution in [1.82, 2.24) is 10.0 Å². The number of benzene rings is 2. The zero-order valence-corrected chi connectivity index (χ0v) is 15.3. The molecule has 0 aliphatic heterocycles. The summed E-state index contributed by atoms with van der Waals surface area (Å²) in [5.41, 5.74) is 1.46. The van der Waals surface area contributed by atoms with Gasteiger partial charge in [-0.3, -0.25) is 4.79 Å². The van der Waals surface area contributed by atoms with Gasteiger partial charge in [-0.25, -0.2) is 8.42 Å². The number of rotatable bonds is 8. The highest BCUT2D eigenvalue weighted by Gasteiger charge is 2.16. The van der Waals surface area contributed by atoms with Crippen LogP contribution in [-0.4, -0.2) is 26.9 Å². The average Bonchev–Trinajstić information content (AvgIpc) is 2.65. The van der Waals surface area contributed by atoms with Gasteiger partial charge in [0.1, 0.15) is 0 Å². The van der Waals surface area contributed by atoms with Crippen LogP contribution >= 0.6 is 0 Å². The van der Waals surface area contributed by atoms with E-state index in [2.05, 4.69) is 10.0 Å². The van der Waals surface area contributed by atoms with Crippen LogP contribution in [0.3, 0.4) is 0 Å². The first kappa shape index (κ1) is 19.6.